The second-order valence-corrected chi connectivity index (χ2v) is 5.98. The Morgan fingerprint density at radius 1 is 1.45 bits per heavy atom. The molecular formula is C12H13F2N5O2S. The molecule has 0 radical (unpaired) electrons. The van der Waals surface area contributed by atoms with Gasteiger partial charge in [0.1, 0.15) is 12.2 Å². The van der Waals surface area contributed by atoms with E-state index in [1.54, 1.807) is 6.07 Å². The Morgan fingerprint density at radius 3 is 2.86 bits per heavy atom. The zero-order valence-electron chi connectivity index (χ0n) is 11.7. The van der Waals surface area contributed by atoms with E-state index in [0.29, 0.717) is 18.1 Å². The molecule has 2 aromatic heterocycles. The van der Waals surface area contributed by atoms with E-state index >= 15 is 0 Å². The monoisotopic (exact) mass is 329 g/mol. The molecular weight excluding hydrogens is 316 g/mol. The van der Waals surface area contributed by atoms with Gasteiger partial charge >= 0.3 is 5.69 Å². The fourth-order valence-corrected chi connectivity index (χ4v) is 2.89. The summed E-state index contributed by atoms with van der Waals surface area (Å²) < 4.78 is 31.0. The lowest BCUT2D eigenvalue weighted by molar-refractivity contribution is 0.0701. The summed E-state index contributed by atoms with van der Waals surface area (Å²) in [5, 5.41) is 3.90. The van der Waals surface area contributed by atoms with Crippen LogP contribution in [0, 0.1) is 6.92 Å². The number of carbonyl (C=O) groups excluding carboxylic acids is 1. The normalized spacial score (nSPS) is 14.5. The highest BCUT2D eigenvalue weighted by Gasteiger charge is 2.27. The maximum absolute atomic E-state index is 12.4. The van der Waals surface area contributed by atoms with Gasteiger partial charge in [-0.1, -0.05) is 0 Å². The molecule has 0 fully saturated rings. The number of hydrogen-bond donors (Lipinski definition) is 0. The summed E-state index contributed by atoms with van der Waals surface area (Å²) in [7, 11) is 0. The molecule has 3 rings (SSSR count). The summed E-state index contributed by atoms with van der Waals surface area (Å²) in [6, 6.07) is 1.70. The molecule has 22 heavy (non-hydrogen) atoms. The maximum Gasteiger partial charge on any atom is 0.346 e. The van der Waals surface area contributed by atoms with Gasteiger partial charge in [-0.3, -0.25) is 9.36 Å². The molecule has 0 unspecified atom stereocenters. The van der Waals surface area contributed by atoms with Crippen molar-refractivity contribution < 1.29 is 13.6 Å². The van der Waals surface area contributed by atoms with Crippen molar-refractivity contribution in [3.05, 3.63) is 32.9 Å². The molecule has 1 aliphatic heterocycles. The number of alkyl halides is 2. The fraction of sp³-hybridized carbons (Fsp3) is 0.500. The number of aromatic nitrogens is 4. The van der Waals surface area contributed by atoms with Crippen LogP contribution in [0.25, 0.3) is 0 Å². The molecule has 0 N–H and O–H groups in total. The van der Waals surface area contributed by atoms with Gasteiger partial charge in [-0.05, 0) is 24.5 Å². The molecule has 0 spiro atoms. The molecule has 10 heteroatoms. The number of hydrogen-bond acceptors (Lipinski definition) is 5. The van der Waals surface area contributed by atoms with E-state index in [9.17, 15) is 18.4 Å². The molecule has 118 valence electrons. The van der Waals surface area contributed by atoms with Gasteiger partial charge in [-0.15, -0.1) is 0 Å². The van der Waals surface area contributed by atoms with Crippen molar-refractivity contribution in [3.63, 3.8) is 0 Å². The van der Waals surface area contributed by atoms with Gasteiger partial charge in [-0.2, -0.15) is 9.47 Å². The standard InChI is InChI=1S/C12H13F2N5O2S/c1-7-4-8(16-22-7)11(20)17-2-3-18-10(6-17)15-19(12(18)21)5-9(13)14/h4,9H,2-3,5-6H2,1H3. The Bertz CT molecular complexity index is 766. The lowest BCUT2D eigenvalue weighted by Crippen LogP contribution is -2.41. The van der Waals surface area contributed by atoms with E-state index < -0.39 is 18.7 Å². The third kappa shape index (κ3) is 2.65. The second-order valence-electron chi connectivity index (χ2n) is 4.97. The third-order valence-electron chi connectivity index (χ3n) is 3.37. The van der Waals surface area contributed by atoms with Crippen LogP contribution in [0.4, 0.5) is 8.78 Å². The maximum atomic E-state index is 12.4. The van der Waals surface area contributed by atoms with Crippen molar-refractivity contribution in [2.45, 2.75) is 33.0 Å². The predicted molar refractivity (Wildman–Crippen MR) is 74.1 cm³/mol. The Labute approximate surface area is 127 Å². The molecule has 0 aromatic carbocycles. The van der Waals surface area contributed by atoms with Crippen LogP contribution in [0.5, 0.6) is 0 Å². The average molecular weight is 329 g/mol. The van der Waals surface area contributed by atoms with Crippen LogP contribution in [-0.2, 0) is 19.6 Å². The van der Waals surface area contributed by atoms with Gasteiger partial charge < -0.3 is 4.90 Å². The first-order valence-electron chi connectivity index (χ1n) is 6.63. The van der Waals surface area contributed by atoms with Gasteiger partial charge in [0.25, 0.3) is 12.3 Å². The molecule has 0 bridgehead atoms. The molecule has 0 atom stereocenters. The van der Waals surface area contributed by atoms with E-state index in [1.807, 2.05) is 6.92 Å². The Hall–Kier alpha value is -2.10. The van der Waals surface area contributed by atoms with Crippen molar-refractivity contribution in [2.24, 2.45) is 0 Å². The third-order valence-corrected chi connectivity index (χ3v) is 4.06. The smallest absolute Gasteiger partial charge is 0.328 e. The number of carbonyl (C=O) groups is 1. The number of fused-ring (bicyclic) bond motifs is 1. The highest BCUT2D eigenvalue weighted by molar-refractivity contribution is 7.05. The fourth-order valence-electron chi connectivity index (χ4n) is 2.35. The SMILES string of the molecule is Cc1cc(C(=O)N2CCn3c(nn(CC(F)F)c3=O)C2)ns1. The van der Waals surface area contributed by atoms with Gasteiger partial charge in [0.2, 0.25) is 0 Å². The molecule has 3 heterocycles. The Balaban J connectivity index is 1.82. The van der Waals surface area contributed by atoms with Crippen molar-refractivity contribution in [3.8, 4) is 0 Å². The lowest BCUT2D eigenvalue weighted by Gasteiger charge is -2.25. The van der Waals surface area contributed by atoms with Crippen LogP contribution in [0.15, 0.2) is 10.9 Å². The first kappa shape index (κ1) is 14.8. The lowest BCUT2D eigenvalue weighted by atomic mass is 10.3. The minimum absolute atomic E-state index is 0.112. The van der Waals surface area contributed by atoms with E-state index in [4.69, 9.17) is 0 Å². The highest BCUT2D eigenvalue weighted by Crippen LogP contribution is 2.15. The molecule has 0 saturated heterocycles. The molecule has 7 nitrogen and oxygen atoms in total. The largest absolute Gasteiger partial charge is 0.346 e. The minimum atomic E-state index is -2.65. The quantitative estimate of drug-likeness (QED) is 0.832. The molecule has 0 saturated carbocycles. The van der Waals surface area contributed by atoms with Gasteiger partial charge in [0, 0.05) is 18.0 Å². The Morgan fingerprint density at radius 2 is 2.23 bits per heavy atom. The molecule has 2 aromatic rings. The predicted octanol–water partition coefficient (Wildman–Crippen LogP) is 0.731. The summed E-state index contributed by atoms with van der Waals surface area (Å²) >= 11 is 1.24. The highest BCUT2D eigenvalue weighted by atomic mass is 32.1. The second kappa shape index (κ2) is 5.59. The summed E-state index contributed by atoms with van der Waals surface area (Å²) in [5.41, 5.74) is -0.211. The van der Waals surface area contributed by atoms with Gasteiger partial charge in [0.15, 0.2) is 5.82 Å². The number of amides is 1. The van der Waals surface area contributed by atoms with Gasteiger partial charge in [0.05, 0.1) is 6.54 Å². The summed E-state index contributed by atoms with van der Waals surface area (Å²) in [6.07, 6.45) is -2.65. The zero-order valence-corrected chi connectivity index (χ0v) is 12.5. The molecule has 1 aliphatic rings. The number of halogens is 2. The average Bonchev–Trinajstić information content (AvgIpc) is 3.02. The first-order chi connectivity index (χ1) is 10.5. The van der Waals surface area contributed by atoms with Gasteiger partial charge in [-0.25, -0.2) is 18.3 Å². The number of rotatable bonds is 3. The van der Waals surface area contributed by atoms with Crippen molar-refractivity contribution in [1.82, 2.24) is 23.6 Å². The molecule has 1 amide bonds. The topological polar surface area (TPSA) is 73.0 Å². The van der Waals surface area contributed by atoms with E-state index in [1.165, 1.54) is 21.0 Å². The van der Waals surface area contributed by atoms with Crippen LogP contribution in [0.2, 0.25) is 0 Å². The van der Waals surface area contributed by atoms with Crippen molar-refractivity contribution in [1.29, 1.82) is 0 Å². The number of aryl methyl sites for hydroxylation is 1. The van der Waals surface area contributed by atoms with Crippen molar-refractivity contribution in [2.75, 3.05) is 6.54 Å². The number of nitrogens with zero attached hydrogens (tertiary/aromatic N) is 5. The van der Waals surface area contributed by atoms with Crippen LogP contribution < -0.4 is 5.69 Å². The summed E-state index contributed by atoms with van der Waals surface area (Å²) in [5.74, 6) is 0.0728. The minimum Gasteiger partial charge on any atom is -0.328 e. The van der Waals surface area contributed by atoms with Crippen LogP contribution >= 0.6 is 11.5 Å². The Kier molecular flexibility index (Phi) is 3.77. The van der Waals surface area contributed by atoms with E-state index in [-0.39, 0.29) is 19.0 Å². The summed E-state index contributed by atoms with van der Waals surface area (Å²) in [4.78, 5) is 26.7. The van der Waals surface area contributed by atoms with Crippen LogP contribution in [0.1, 0.15) is 21.2 Å². The zero-order chi connectivity index (χ0) is 15.9. The molecule has 0 aliphatic carbocycles. The van der Waals surface area contributed by atoms with Crippen LogP contribution in [-0.4, -0.2) is 42.5 Å². The first-order valence-corrected chi connectivity index (χ1v) is 7.40. The van der Waals surface area contributed by atoms with E-state index in [0.717, 1.165) is 9.56 Å². The van der Waals surface area contributed by atoms with Crippen LogP contribution in [0.3, 0.4) is 0 Å². The van der Waals surface area contributed by atoms with Crippen molar-refractivity contribution >= 4 is 17.4 Å². The van der Waals surface area contributed by atoms with E-state index in [2.05, 4.69) is 9.47 Å². The summed E-state index contributed by atoms with van der Waals surface area (Å²) in [6.45, 7) is 1.79.